The van der Waals surface area contributed by atoms with Crippen molar-refractivity contribution in [3.8, 4) is 0 Å². The van der Waals surface area contributed by atoms with Gasteiger partial charge in [0.05, 0.1) is 20.6 Å². The largest absolute Gasteiger partial charge is 0.481 e. The molecule has 0 atom stereocenters. The summed E-state index contributed by atoms with van der Waals surface area (Å²) in [7, 11) is 0. The Hall–Kier alpha value is -0.900. The van der Waals surface area contributed by atoms with E-state index in [1.54, 1.807) is 6.07 Å². The van der Waals surface area contributed by atoms with Gasteiger partial charge in [0, 0.05) is 17.5 Å². The van der Waals surface area contributed by atoms with Crippen molar-refractivity contribution >= 4 is 51.7 Å². The summed E-state index contributed by atoms with van der Waals surface area (Å²) in [5.41, 5.74) is 1.88. The molecule has 0 radical (unpaired) electrons. The fourth-order valence-corrected chi connectivity index (χ4v) is 3.22. The molecule has 0 aliphatic carbocycles. The average molecular weight is 363 g/mol. The average Bonchev–Trinajstić information content (AvgIpc) is 2.88. The van der Waals surface area contributed by atoms with Crippen molar-refractivity contribution < 1.29 is 9.90 Å². The highest BCUT2D eigenvalue weighted by atomic mass is 35.5. The van der Waals surface area contributed by atoms with Crippen LogP contribution in [0.5, 0.6) is 0 Å². The number of H-pyrrole nitrogens is 1. The molecule has 2 N–H and O–H groups in total. The lowest BCUT2D eigenvalue weighted by Gasteiger charge is -2.00. The molecule has 0 unspecified atom stereocenters. The molecule has 0 saturated carbocycles. The summed E-state index contributed by atoms with van der Waals surface area (Å²) in [6.07, 6.45) is 6.08. The van der Waals surface area contributed by atoms with Gasteiger partial charge in [-0.25, -0.2) is 0 Å². The highest BCUT2D eigenvalue weighted by molar-refractivity contribution is 6.47. The molecule has 2 rings (SSSR count). The van der Waals surface area contributed by atoms with Crippen LogP contribution in [0.4, 0.5) is 0 Å². The third-order valence-corrected chi connectivity index (χ3v) is 4.75. The van der Waals surface area contributed by atoms with Crippen molar-refractivity contribution in [2.75, 3.05) is 0 Å². The fourth-order valence-electron chi connectivity index (χ4n) is 2.50. The molecule has 0 fully saturated rings. The molecule has 0 saturated heterocycles. The number of hydrogen-bond donors (Lipinski definition) is 2. The van der Waals surface area contributed by atoms with Gasteiger partial charge < -0.3 is 10.1 Å². The Kier molecular flexibility index (Phi) is 6.42. The van der Waals surface area contributed by atoms with Crippen LogP contribution in [0.2, 0.25) is 15.1 Å². The third kappa shape index (κ3) is 4.55. The van der Waals surface area contributed by atoms with Crippen LogP contribution >= 0.6 is 34.8 Å². The summed E-state index contributed by atoms with van der Waals surface area (Å²) in [5.74, 6) is -0.717. The van der Waals surface area contributed by atoms with E-state index in [9.17, 15) is 4.79 Å². The first-order valence-electron chi connectivity index (χ1n) is 7.36. The lowest BCUT2D eigenvalue weighted by atomic mass is 10.1. The molecule has 0 bridgehead atoms. The Morgan fingerprint density at radius 3 is 2.41 bits per heavy atom. The zero-order valence-electron chi connectivity index (χ0n) is 12.1. The number of hydrogen-bond acceptors (Lipinski definition) is 1. The summed E-state index contributed by atoms with van der Waals surface area (Å²) in [5, 5.41) is 11.0. The van der Waals surface area contributed by atoms with Gasteiger partial charge in [0.25, 0.3) is 0 Å². The monoisotopic (exact) mass is 361 g/mol. The number of rotatable bonds is 8. The first-order chi connectivity index (χ1) is 10.5. The number of nitrogens with one attached hydrogen (secondary N) is 1. The van der Waals surface area contributed by atoms with Gasteiger partial charge in [0.15, 0.2) is 0 Å². The molecule has 2 aromatic rings. The first kappa shape index (κ1) is 17.5. The van der Waals surface area contributed by atoms with Crippen molar-refractivity contribution in [1.29, 1.82) is 0 Å². The van der Waals surface area contributed by atoms with Crippen LogP contribution in [0.1, 0.15) is 44.2 Å². The minimum Gasteiger partial charge on any atom is -0.481 e. The first-order valence-corrected chi connectivity index (χ1v) is 8.49. The van der Waals surface area contributed by atoms with Gasteiger partial charge in [0.2, 0.25) is 0 Å². The quantitative estimate of drug-likeness (QED) is 0.440. The van der Waals surface area contributed by atoms with E-state index >= 15 is 0 Å². The van der Waals surface area contributed by atoms with Crippen LogP contribution in [-0.4, -0.2) is 16.1 Å². The van der Waals surface area contributed by atoms with Crippen LogP contribution in [0.15, 0.2) is 12.1 Å². The smallest absolute Gasteiger partial charge is 0.303 e. The van der Waals surface area contributed by atoms with Crippen LogP contribution < -0.4 is 0 Å². The maximum Gasteiger partial charge on any atom is 0.303 e. The molecule has 1 aromatic carbocycles. The molecular weight excluding hydrogens is 345 g/mol. The molecule has 0 spiro atoms. The lowest BCUT2D eigenvalue weighted by Crippen LogP contribution is -1.93. The Morgan fingerprint density at radius 2 is 1.68 bits per heavy atom. The number of benzene rings is 1. The van der Waals surface area contributed by atoms with Crippen LogP contribution in [0.25, 0.3) is 10.9 Å². The van der Waals surface area contributed by atoms with E-state index < -0.39 is 5.97 Å². The number of fused-ring (bicyclic) bond motifs is 1. The number of aromatic amines is 1. The van der Waals surface area contributed by atoms with Gasteiger partial charge in [-0.3, -0.25) is 4.79 Å². The fraction of sp³-hybridized carbons (Fsp3) is 0.438. The topological polar surface area (TPSA) is 53.1 Å². The van der Waals surface area contributed by atoms with E-state index in [2.05, 4.69) is 4.98 Å². The maximum absolute atomic E-state index is 10.4. The van der Waals surface area contributed by atoms with Crippen LogP contribution in [0, 0.1) is 0 Å². The molecule has 0 aliphatic heterocycles. The van der Waals surface area contributed by atoms with E-state index in [4.69, 9.17) is 39.9 Å². The predicted octanol–water partition coefficient (Wildman–Crippen LogP) is 6.10. The molecule has 0 aliphatic rings. The molecule has 22 heavy (non-hydrogen) atoms. The SMILES string of the molecule is O=C(O)CCCCCCCc1cc2c(Cl)cc(Cl)c(Cl)c2[nH]1. The Balaban J connectivity index is 1.84. The highest BCUT2D eigenvalue weighted by Gasteiger charge is 2.11. The number of aryl methyl sites for hydroxylation is 1. The molecule has 0 amide bonds. The van der Waals surface area contributed by atoms with E-state index in [1.807, 2.05) is 6.07 Å². The van der Waals surface area contributed by atoms with Gasteiger partial charge in [-0.2, -0.15) is 0 Å². The Labute approximate surface area is 144 Å². The van der Waals surface area contributed by atoms with Crippen molar-refractivity contribution in [1.82, 2.24) is 4.98 Å². The minimum atomic E-state index is -0.717. The number of halogens is 3. The van der Waals surface area contributed by atoms with Crippen LogP contribution in [-0.2, 0) is 11.2 Å². The summed E-state index contributed by atoms with van der Waals surface area (Å²) >= 11 is 18.4. The minimum absolute atomic E-state index is 0.264. The summed E-state index contributed by atoms with van der Waals surface area (Å²) in [6.45, 7) is 0. The second kappa shape index (κ2) is 8.09. The Bertz CT molecular complexity index is 667. The second-order valence-electron chi connectivity index (χ2n) is 5.40. The molecule has 120 valence electrons. The van der Waals surface area contributed by atoms with E-state index in [0.717, 1.165) is 55.1 Å². The maximum atomic E-state index is 10.4. The van der Waals surface area contributed by atoms with Gasteiger partial charge in [-0.1, -0.05) is 54.1 Å². The highest BCUT2D eigenvalue weighted by Crippen LogP contribution is 2.36. The van der Waals surface area contributed by atoms with Crippen molar-refractivity contribution in [3.05, 3.63) is 32.9 Å². The molecule has 3 nitrogen and oxygen atoms in total. The van der Waals surface area contributed by atoms with E-state index in [0.29, 0.717) is 15.1 Å². The molecule has 1 aromatic heterocycles. The van der Waals surface area contributed by atoms with Gasteiger partial charge in [-0.15, -0.1) is 0 Å². The van der Waals surface area contributed by atoms with Gasteiger partial charge in [-0.05, 0) is 31.4 Å². The Morgan fingerprint density at radius 1 is 1.00 bits per heavy atom. The van der Waals surface area contributed by atoms with Gasteiger partial charge >= 0.3 is 5.97 Å². The van der Waals surface area contributed by atoms with E-state index in [1.165, 1.54) is 0 Å². The number of aromatic nitrogens is 1. The third-order valence-electron chi connectivity index (χ3n) is 3.65. The van der Waals surface area contributed by atoms with Crippen molar-refractivity contribution in [3.63, 3.8) is 0 Å². The number of carbonyl (C=O) groups is 1. The zero-order chi connectivity index (χ0) is 16.1. The van der Waals surface area contributed by atoms with Crippen LogP contribution in [0.3, 0.4) is 0 Å². The molecular formula is C16H18Cl3NO2. The second-order valence-corrected chi connectivity index (χ2v) is 6.59. The lowest BCUT2D eigenvalue weighted by molar-refractivity contribution is -0.137. The van der Waals surface area contributed by atoms with Crippen molar-refractivity contribution in [2.24, 2.45) is 0 Å². The van der Waals surface area contributed by atoms with Crippen molar-refractivity contribution in [2.45, 2.75) is 44.9 Å². The summed E-state index contributed by atoms with van der Waals surface area (Å²) in [6, 6.07) is 3.68. The summed E-state index contributed by atoms with van der Waals surface area (Å²) < 4.78 is 0. The summed E-state index contributed by atoms with van der Waals surface area (Å²) in [4.78, 5) is 13.7. The number of unbranched alkanes of at least 4 members (excludes halogenated alkanes) is 4. The number of carboxylic acid groups (broad SMARTS) is 1. The molecule has 1 heterocycles. The normalized spacial score (nSPS) is 11.2. The number of aliphatic carboxylic acids is 1. The van der Waals surface area contributed by atoms with E-state index in [-0.39, 0.29) is 6.42 Å². The molecule has 6 heteroatoms. The number of carboxylic acids is 1. The van der Waals surface area contributed by atoms with Gasteiger partial charge in [0.1, 0.15) is 0 Å². The predicted molar refractivity (Wildman–Crippen MR) is 92.4 cm³/mol. The standard InChI is InChI=1S/C16H18Cl3NO2/c17-12-9-13(18)15(19)16-11(12)8-10(20-16)6-4-2-1-3-5-7-14(21)22/h8-9,20H,1-7H2,(H,21,22). The zero-order valence-corrected chi connectivity index (χ0v) is 14.4.